The number of rotatable bonds is 6. The van der Waals surface area contributed by atoms with Gasteiger partial charge in [-0.1, -0.05) is 5.16 Å². The number of aliphatic hydroxyl groups is 2. The molecular weight excluding hydrogens is 174 g/mol. The van der Waals surface area contributed by atoms with Gasteiger partial charge < -0.3 is 20.1 Å². The third kappa shape index (κ3) is 3.97. The topological polar surface area (TPSA) is 91.4 Å². The van der Waals surface area contributed by atoms with Crippen molar-refractivity contribution in [1.29, 1.82) is 0 Å². The summed E-state index contributed by atoms with van der Waals surface area (Å²) in [6.45, 7) is 0.792. The van der Waals surface area contributed by atoms with Crippen LogP contribution < -0.4 is 5.32 Å². The van der Waals surface area contributed by atoms with E-state index in [9.17, 15) is 0 Å². The lowest BCUT2D eigenvalue weighted by molar-refractivity contribution is 0.0946. The highest BCUT2D eigenvalue weighted by Crippen LogP contribution is 1.87. The van der Waals surface area contributed by atoms with Gasteiger partial charge in [0.25, 0.3) is 0 Å². The lowest BCUT2D eigenvalue weighted by Crippen LogP contribution is -2.30. The van der Waals surface area contributed by atoms with E-state index in [0.29, 0.717) is 25.3 Å². The Balaban J connectivity index is 2.02. The summed E-state index contributed by atoms with van der Waals surface area (Å²) >= 11 is 0. The third-order valence-corrected chi connectivity index (χ3v) is 1.52. The number of nitrogens with zero attached hydrogens (tertiary/aromatic N) is 2. The molecule has 74 valence electrons. The molecule has 6 heteroatoms. The van der Waals surface area contributed by atoms with E-state index in [4.69, 9.17) is 10.2 Å². The molecule has 0 aliphatic rings. The fourth-order valence-corrected chi connectivity index (χ4v) is 0.836. The lowest BCUT2D eigenvalue weighted by Gasteiger charge is -2.06. The van der Waals surface area contributed by atoms with Gasteiger partial charge in [-0.2, -0.15) is 4.98 Å². The molecule has 0 aliphatic heterocycles. The molecular formula is C7H13N3O3. The van der Waals surface area contributed by atoms with Crippen molar-refractivity contribution in [3.05, 3.63) is 12.2 Å². The van der Waals surface area contributed by atoms with Gasteiger partial charge in [-0.05, 0) is 0 Å². The van der Waals surface area contributed by atoms with Crippen molar-refractivity contribution in [2.75, 3.05) is 19.7 Å². The quantitative estimate of drug-likeness (QED) is 0.472. The van der Waals surface area contributed by atoms with Gasteiger partial charge in [0.05, 0.1) is 12.7 Å². The molecule has 1 unspecified atom stereocenters. The summed E-state index contributed by atoms with van der Waals surface area (Å²) < 4.78 is 4.54. The molecule has 1 heterocycles. The van der Waals surface area contributed by atoms with Crippen LogP contribution >= 0.6 is 0 Å². The molecule has 0 amide bonds. The molecule has 0 spiro atoms. The summed E-state index contributed by atoms with van der Waals surface area (Å²) in [4.78, 5) is 3.82. The summed E-state index contributed by atoms with van der Waals surface area (Å²) in [6, 6.07) is 0. The molecule has 1 atom stereocenters. The van der Waals surface area contributed by atoms with Crippen molar-refractivity contribution in [1.82, 2.24) is 15.5 Å². The molecule has 0 saturated carbocycles. The van der Waals surface area contributed by atoms with E-state index >= 15 is 0 Å². The first-order valence-electron chi connectivity index (χ1n) is 4.08. The molecule has 6 nitrogen and oxygen atoms in total. The van der Waals surface area contributed by atoms with Crippen LogP contribution in [0, 0.1) is 0 Å². The average molecular weight is 187 g/mol. The number of aliphatic hydroxyl groups excluding tert-OH is 2. The van der Waals surface area contributed by atoms with Crippen LogP contribution in [0.25, 0.3) is 0 Å². The van der Waals surface area contributed by atoms with E-state index in [2.05, 4.69) is 20.0 Å². The van der Waals surface area contributed by atoms with E-state index < -0.39 is 6.10 Å². The van der Waals surface area contributed by atoms with Crippen molar-refractivity contribution in [3.8, 4) is 0 Å². The molecule has 13 heavy (non-hydrogen) atoms. The van der Waals surface area contributed by atoms with Gasteiger partial charge in [-0.15, -0.1) is 0 Å². The minimum Gasteiger partial charge on any atom is -0.394 e. The van der Waals surface area contributed by atoms with Crippen LogP contribution in [-0.4, -0.2) is 46.2 Å². The fourth-order valence-electron chi connectivity index (χ4n) is 0.836. The lowest BCUT2D eigenvalue weighted by atomic mass is 10.3. The molecule has 1 rings (SSSR count). The molecule has 0 radical (unpaired) electrons. The second-order valence-corrected chi connectivity index (χ2v) is 2.64. The first kappa shape index (κ1) is 10.1. The summed E-state index contributed by atoms with van der Waals surface area (Å²) in [5.41, 5.74) is 0. The normalized spacial score (nSPS) is 13.1. The predicted octanol–water partition coefficient (Wildman–Crippen LogP) is -1.45. The van der Waals surface area contributed by atoms with Crippen molar-refractivity contribution >= 4 is 0 Å². The molecule has 1 aromatic heterocycles. The van der Waals surface area contributed by atoms with E-state index in [0.717, 1.165) is 0 Å². The van der Waals surface area contributed by atoms with Gasteiger partial charge in [0.2, 0.25) is 6.39 Å². The maximum Gasteiger partial charge on any atom is 0.213 e. The highest BCUT2D eigenvalue weighted by atomic mass is 16.5. The van der Waals surface area contributed by atoms with Gasteiger partial charge in [-0.3, -0.25) is 0 Å². The first-order valence-corrected chi connectivity index (χ1v) is 4.08. The molecule has 0 bridgehead atoms. The van der Waals surface area contributed by atoms with Crippen molar-refractivity contribution < 1.29 is 14.7 Å². The van der Waals surface area contributed by atoms with Crippen LogP contribution in [0.3, 0.4) is 0 Å². The first-order chi connectivity index (χ1) is 6.33. The van der Waals surface area contributed by atoms with Crippen LogP contribution in [0.15, 0.2) is 10.9 Å². The zero-order valence-electron chi connectivity index (χ0n) is 7.18. The largest absolute Gasteiger partial charge is 0.394 e. The van der Waals surface area contributed by atoms with Crippen molar-refractivity contribution in [3.63, 3.8) is 0 Å². The highest BCUT2D eigenvalue weighted by Gasteiger charge is 2.01. The maximum atomic E-state index is 8.95. The SMILES string of the molecule is OCC(O)CNCCc1ncon1. The van der Waals surface area contributed by atoms with Gasteiger partial charge in [0.1, 0.15) is 0 Å². The Morgan fingerprint density at radius 2 is 2.46 bits per heavy atom. The Kier molecular flexibility index (Phi) is 4.37. The van der Waals surface area contributed by atoms with Crippen LogP contribution in [-0.2, 0) is 6.42 Å². The predicted molar refractivity (Wildman–Crippen MR) is 44.0 cm³/mol. The van der Waals surface area contributed by atoms with Crippen LogP contribution in [0.5, 0.6) is 0 Å². The summed E-state index contributed by atoms with van der Waals surface area (Å²) in [7, 11) is 0. The second kappa shape index (κ2) is 5.63. The maximum absolute atomic E-state index is 8.95. The van der Waals surface area contributed by atoms with Gasteiger partial charge in [-0.25, -0.2) is 0 Å². The molecule has 3 N–H and O–H groups in total. The molecule has 0 aromatic carbocycles. The van der Waals surface area contributed by atoms with Crippen molar-refractivity contribution in [2.45, 2.75) is 12.5 Å². The Hall–Kier alpha value is -0.980. The number of hydrogen-bond acceptors (Lipinski definition) is 6. The van der Waals surface area contributed by atoms with E-state index in [1.807, 2.05) is 0 Å². The van der Waals surface area contributed by atoms with Crippen LogP contribution in [0.1, 0.15) is 5.82 Å². The second-order valence-electron chi connectivity index (χ2n) is 2.64. The zero-order valence-corrected chi connectivity index (χ0v) is 7.18. The Labute approximate surface area is 75.6 Å². The molecule has 0 saturated heterocycles. The average Bonchev–Trinajstić information content (AvgIpc) is 2.64. The minimum absolute atomic E-state index is 0.227. The monoisotopic (exact) mass is 187 g/mol. The number of aromatic nitrogens is 2. The number of hydrogen-bond donors (Lipinski definition) is 3. The zero-order chi connectivity index (χ0) is 9.52. The van der Waals surface area contributed by atoms with Gasteiger partial charge in [0, 0.05) is 19.5 Å². The van der Waals surface area contributed by atoms with Crippen molar-refractivity contribution in [2.24, 2.45) is 0 Å². The van der Waals surface area contributed by atoms with Crippen LogP contribution in [0.4, 0.5) is 0 Å². The highest BCUT2D eigenvalue weighted by molar-refractivity contribution is 4.78. The third-order valence-electron chi connectivity index (χ3n) is 1.52. The summed E-state index contributed by atoms with van der Waals surface area (Å²) in [5, 5.41) is 24.0. The van der Waals surface area contributed by atoms with Gasteiger partial charge >= 0.3 is 0 Å². The Morgan fingerprint density at radius 3 is 3.08 bits per heavy atom. The van der Waals surface area contributed by atoms with E-state index in [1.54, 1.807) is 0 Å². The molecule has 1 aromatic rings. The van der Waals surface area contributed by atoms with Crippen LogP contribution in [0.2, 0.25) is 0 Å². The number of nitrogens with one attached hydrogen (secondary N) is 1. The molecule has 0 fully saturated rings. The summed E-state index contributed by atoms with van der Waals surface area (Å²) in [5.74, 6) is 0.631. The van der Waals surface area contributed by atoms with E-state index in [-0.39, 0.29) is 6.61 Å². The molecule has 0 aliphatic carbocycles. The van der Waals surface area contributed by atoms with Gasteiger partial charge in [0.15, 0.2) is 5.82 Å². The van der Waals surface area contributed by atoms with E-state index in [1.165, 1.54) is 6.39 Å². The standard InChI is InChI=1S/C7H13N3O3/c11-4-6(12)3-8-2-1-7-9-5-13-10-7/h5-6,8,11-12H,1-4H2. The minimum atomic E-state index is -0.703. The summed E-state index contributed by atoms with van der Waals surface area (Å²) in [6.07, 6.45) is 1.22. The Morgan fingerprint density at radius 1 is 1.62 bits per heavy atom. The smallest absolute Gasteiger partial charge is 0.213 e. The Bertz CT molecular complexity index is 215. The fraction of sp³-hybridized carbons (Fsp3) is 0.714.